The van der Waals surface area contributed by atoms with Crippen LogP contribution in [0.5, 0.6) is 0 Å². The molecular weight excluding hydrogens is 271 g/mol. The van der Waals surface area contributed by atoms with Crippen LogP contribution in [0.2, 0.25) is 5.02 Å². The molecule has 4 nitrogen and oxygen atoms in total. The molecule has 1 aliphatic rings. The van der Waals surface area contributed by atoms with E-state index in [4.69, 9.17) is 22.1 Å². The van der Waals surface area contributed by atoms with Crippen LogP contribution < -0.4 is 5.73 Å². The lowest BCUT2D eigenvalue weighted by Gasteiger charge is -2.32. The minimum absolute atomic E-state index is 0.0389. The molecule has 1 aromatic rings. The number of halogens is 2. The first-order valence-electron chi connectivity index (χ1n) is 6.14. The van der Waals surface area contributed by atoms with Crippen LogP contribution in [0.4, 0.5) is 4.39 Å². The molecule has 0 spiro atoms. The fourth-order valence-corrected chi connectivity index (χ4v) is 2.28. The summed E-state index contributed by atoms with van der Waals surface area (Å²) in [5, 5.41) is 0.275. The number of hydrogen-bond acceptors (Lipinski definition) is 3. The average Bonchev–Trinajstić information content (AvgIpc) is 2.43. The molecule has 0 radical (unpaired) electrons. The van der Waals surface area contributed by atoms with E-state index in [9.17, 15) is 9.18 Å². The van der Waals surface area contributed by atoms with Crippen LogP contribution in [0.3, 0.4) is 0 Å². The molecule has 1 unspecified atom stereocenters. The summed E-state index contributed by atoms with van der Waals surface area (Å²) in [4.78, 5) is 13.8. The number of nitrogens with zero attached hydrogens (tertiary/aromatic N) is 1. The molecule has 1 saturated heterocycles. The molecule has 2 rings (SSSR count). The van der Waals surface area contributed by atoms with E-state index in [0.29, 0.717) is 26.2 Å². The number of carbonyl (C=O) groups is 1. The summed E-state index contributed by atoms with van der Waals surface area (Å²) in [5.41, 5.74) is 5.76. The van der Waals surface area contributed by atoms with Crippen LogP contribution in [-0.4, -0.2) is 43.2 Å². The summed E-state index contributed by atoms with van der Waals surface area (Å²) < 4.78 is 19.0. The van der Waals surface area contributed by atoms with Gasteiger partial charge in [0.2, 0.25) is 5.91 Å². The van der Waals surface area contributed by atoms with Crippen molar-refractivity contribution < 1.29 is 13.9 Å². The number of carbonyl (C=O) groups excluding carboxylic acids is 1. The minimum atomic E-state index is -0.454. The van der Waals surface area contributed by atoms with Gasteiger partial charge in [-0.1, -0.05) is 17.7 Å². The second-order valence-electron chi connectivity index (χ2n) is 4.45. The van der Waals surface area contributed by atoms with Gasteiger partial charge in [0.1, 0.15) is 5.82 Å². The molecule has 1 heterocycles. The molecule has 2 N–H and O–H groups in total. The van der Waals surface area contributed by atoms with Gasteiger partial charge in [-0.15, -0.1) is 0 Å². The van der Waals surface area contributed by atoms with Crippen molar-refractivity contribution in [3.8, 4) is 0 Å². The van der Waals surface area contributed by atoms with Crippen molar-refractivity contribution in [1.29, 1.82) is 0 Å². The zero-order valence-corrected chi connectivity index (χ0v) is 11.2. The summed E-state index contributed by atoms with van der Waals surface area (Å²) in [6.07, 6.45) is -0.184. The minimum Gasteiger partial charge on any atom is -0.373 e. The van der Waals surface area contributed by atoms with Gasteiger partial charge in [0.05, 0.1) is 19.1 Å². The Hall–Kier alpha value is -1.17. The molecule has 1 amide bonds. The Bertz CT molecular complexity index is 450. The zero-order chi connectivity index (χ0) is 13.8. The van der Waals surface area contributed by atoms with Gasteiger partial charge in [0, 0.05) is 30.2 Å². The lowest BCUT2D eigenvalue weighted by atomic mass is 10.1. The molecule has 1 aliphatic heterocycles. The Balaban J connectivity index is 2.04. The molecule has 19 heavy (non-hydrogen) atoms. The number of morpholine rings is 1. The van der Waals surface area contributed by atoms with Crippen LogP contribution in [0.1, 0.15) is 5.56 Å². The summed E-state index contributed by atoms with van der Waals surface area (Å²) in [5.74, 6) is -0.613. The number of ether oxygens (including phenoxy) is 1. The number of rotatable bonds is 3. The lowest BCUT2D eigenvalue weighted by molar-refractivity contribution is -0.137. The molecule has 0 aromatic heterocycles. The second-order valence-corrected chi connectivity index (χ2v) is 4.85. The Morgan fingerprint density at radius 2 is 2.37 bits per heavy atom. The van der Waals surface area contributed by atoms with Crippen molar-refractivity contribution in [1.82, 2.24) is 4.90 Å². The molecule has 1 atom stereocenters. The van der Waals surface area contributed by atoms with Gasteiger partial charge < -0.3 is 15.4 Å². The van der Waals surface area contributed by atoms with E-state index in [1.165, 1.54) is 12.1 Å². The van der Waals surface area contributed by atoms with Crippen LogP contribution in [-0.2, 0) is 16.0 Å². The molecule has 1 aromatic carbocycles. The molecule has 0 bridgehead atoms. The van der Waals surface area contributed by atoms with E-state index in [2.05, 4.69) is 0 Å². The standard InChI is InChI=1S/C13H16ClFN2O2/c14-11-2-1-3-12(15)10(11)6-13(18)17-4-5-19-9(7-16)8-17/h1-3,9H,4-8,16H2. The predicted octanol–water partition coefficient (Wildman–Crippen LogP) is 1.21. The quantitative estimate of drug-likeness (QED) is 0.909. The monoisotopic (exact) mass is 286 g/mol. The van der Waals surface area contributed by atoms with Crippen LogP contribution in [0, 0.1) is 5.82 Å². The van der Waals surface area contributed by atoms with E-state index in [1.54, 1.807) is 11.0 Å². The highest BCUT2D eigenvalue weighted by molar-refractivity contribution is 6.31. The number of benzene rings is 1. The molecule has 0 aliphatic carbocycles. The molecular formula is C13H16ClFN2O2. The molecule has 6 heteroatoms. The Labute approximate surface area is 116 Å². The summed E-state index contributed by atoms with van der Waals surface area (Å²) >= 11 is 5.91. The van der Waals surface area contributed by atoms with Crippen molar-refractivity contribution in [2.45, 2.75) is 12.5 Å². The van der Waals surface area contributed by atoms with Crippen molar-refractivity contribution in [3.63, 3.8) is 0 Å². The van der Waals surface area contributed by atoms with E-state index in [0.717, 1.165) is 0 Å². The van der Waals surface area contributed by atoms with Gasteiger partial charge in [0.15, 0.2) is 0 Å². The van der Waals surface area contributed by atoms with Gasteiger partial charge in [-0.3, -0.25) is 4.79 Å². The zero-order valence-electron chi connectivity index (χ0n) is 10.4. The Morgan fingerprint density at radius 1 is 1.58 bits per heavy atom. The summed E-state index contributed by atoms with van der Waals surface area (Å²) in [6, 6.07) is 4.40. The third-order valence-corrected chi connectivity index (χ3v) is 3.50. The van der Waals surface area contributed by atoms with Crippen LogP contribution in [0.15, 0.2) is 18.2 Å². The van der Waals surface area contributed by atoms with Gasteiger partial charge in [-0.25, -0.2) is 4.39 Å². The number of nitrogens with two attached hydrogens (primary N) is 1. The van der Waals surface area contributed by atoms with Gasteiger partial charge in [-0.2, -0.15) is 0 Å². The first-order chi connectivity index (χ1) is 9.11. The van der Waals surface area contributed by atoms with Crippen LogP contribution in [0.25, 0.3) is 0 Å². The van der Waals surface area contributed by atoms with E-state index < -0.39 is 5.82 Å². The van der Waals surface area contributed by atoms with E-state index >= 15 is 0 Å². The van der Waals surface area contributed by atoms with Crippen molar-refractivity contribution >= 4 is 17.5 Å². The van der Waals surface area contributed by atoms with E-state index in [-0.39, 0.29) is 29.0 Å². The highest BCUT2D eigenvalue weighted by Gasteiger charge is 2.24. The van der Waals surface area contributed by atoms with Crippen molar-refractivity contribution in [2.24, 2.45) is 5.73 Å². The predicted molar refractivity (Wildman–Crippen MR) is 70.5 cm³/mol. The topological polar surface area (TPSA) is 55.6 Å². The maximum atomic E-state index is 13.6. The van der Waals surface area contributed by atoms with Crippen molar-refractivity contribution in [2.75, 3.05) is 26.2 Å². The molecule has 1 fully saturated rings. The highest BCUT2D eigenvalue weighted by Crippen LogP contribution is 2.20. The fraction of sp³-hybridized carbons (Fsp3) is 0.462. The Kier molecular flexibility index (Phi) is 4.74. The first-order valence-corrected chi connectivity index (χ1v) is 6.52. The normalized spacial score (nSPS) is 19.5. The van der Waals surface area contributed by atoms with Crippen molar-refractivity contribution in [3.05, 3.63) is 34.6 Å². The number of amides is 1. The fourth-order valence-electron chi connectivity index (χ4n) is 2.05. The summed E-state index contributed by atoms with van der Waals surface area (Å²) in [6.45, 7) is 1.77. The maximum absolute atomic E-state index is 13.6. The third-order valence-electron chi connectivity index (χ3n) is 3.14. The van der Waals surface area contributed by atoms with E-state index in [1.807, 2.05) is 0 Å². The maximum Gasteiger partial charge on any atom is 0.227 e. The lowest BCUT2D eigenvalue weighted by Crippen LogP contribution is -2.48. The number of hydrogen-bond donors (Lipinski definition) is 1. The largest absolute Gasteiger partial charge is 0.373 e. The SMILES string of the molecule is NCC1CN(C(=O)Cc2c(F)cccc2Cl)CCO1. The summed E-state index contributed by atoms with van der Waals surface area (Å²) in [7, 11) is 0. The smallest absolute Gasteiger partial charge is 0.227 e. The van der Waals surface area contributed by atoms with Gasteiger partial charge in [0.25, 0.3) is 0 Å². The van der Waals surface area contributed by atoms with Crippen LogP contribution >= 0.6 is 11.6 Å². The first kappa shape index (κ1) is 14.2. The third kappa shape index (κ3) is 3.43. The second kappa shape index (κ2) is 6.32. The average molecular weight is 287 g/mol. The highest BCUT2D eigenvalue weighted by atomic mass is 35.5. The molecule has 104 valence electrons. The van der Waals surface area contributed by atoms with Gasteiger partial charge >= 0.3 is 0 Å². The van der Waals surface area contributed by atoms with Gasteiger partial charge in [-0.05, 0) is 12.1 Å². The Morgan fingerprint density at radius 3 is 3.05 bits per heavy atom. The molecule has 0 saturated carbocycles.